The van der Waals surface area contributed by atoms with Crippen LogP contribution in [0.1, 0.15) is 44.7 Å². The van der Waals surface area contributed by atoms with Gasteiger partial charge in [-0.05, 0) is 18.9 Å². The zero-order valence-corrected chi connectivity index (χ0v) is 16.4. The van der Waals surface area contributed by atoms with Crippen LogP contribution in [-0.2, 0) is 20.8 Å². The molecule has 10 heteroatoms. The summed E-state index contributed by atoms with van der Waals surface area (Å²) in [6.45, 7) is 2.26. The van der Waals surface area contributed by atoms with Gasteiger partial charge in [-0.25, -0.2) is 14.9 Å². The molecule has 29 heavy (non-hydrogen) atoms. The van der Waals surface area contributed by atoms with E-state index < -0.39 is 17.8 Å². The molecule has 1 aromatic rings. The van der Waals surface area contributed by atoms with E-state index in [2.05, 4.69) is 5.43 Å². The normalized spacial score (nSPS) is 17.2. The van der Waals surface area contributed by atoms with Gasteiger partial charge in [0.1, 0.15) is 6.04 Å². The standard InChI is InChI=1S/C19H27FN4O5/c1-2-3-4-5-14(11-22(28)13-25)19(27)24-17(8-9-21-24)18(26)10-16-7-6-15(20)12-23(16)29/h6-7,12-14,17,21,28H,2-5,8-11H2,1H3/t14-,17+/m1/s1. The molecule has 2 amide bonds. The summed E-state index contributed by atoms with van der Waals surface area (Å²) in [4.78, 5) is 36.5. The first-order valence-electron chi connectivity index (χ1n) is 9.75. The lowest BCUT2D eigenvalue weighted by Crippen LogP contribution is -2.51. The minimum Gasteiger partial charge on any atom is -0.618 e. The SMILES string of the molecule is CCCCC[C@H](CN(O)C=O)C(=O)N1NCC[C@H]1C(=O)Cc1ccc(F)c[n+]1[O-]. The highest BCUT2D eigenvalue weighted by Crippen LogP contribution is 2.20. The van der Waals surface area contributed by atoms with Crippen LogP contribution in [0.15, 0.2) is 18.3 Å². The maximum atomic E-state index is 13.1. The van der Waals surface area contributed by atoms with E-state index in [1.54, 1.807) is 0 Å². The first-order chi connectivity index (χ1) is 13.9. The molecule has 0 saturated carbocycles. The van der Waals surface area contributed by atoms with Crippen molar-refractivity contribution in [3.63, 3.8) is 0 Å². The molecule has 1 aliphatic heterocycles. The fourth-order valence-corrected chi connectivity index (χ4v) is 3.42. The molecule has 160 valence electrons. The summed E-state index contributed by atoms with van der Waals surface area (Å²) in [6.07, 6.45) is 4.20. The second kappa shape index (κ2) is 10.8. The number of carbonyl (C=O) groups is 3. The molecular weight excluding hydrogens is 383 g/mol. The maximum absolute atomic E-state index is 13.1. The Labute approximate surface area is 168 Å². The van der Waals surface area contributed by atoms with Gasteiger partial charge in [-0.2, -0.15) is 4.73 Å². The van der Waals surface area contributed by atoms with E-state index in [9.17, 15) is 29.2 Å². The number of nitrogens with one attached hydrogen (secondary N) is 1. The van der Waals surface area contributed by atoms with E-state index in [-0.39, 0.29) is 36.8 Å². The first-order valence-corrected chi connectivity index (χ1v) is 9.75. The number of hydrogen-bond acceptors (Lipinski definition) is 6. The van der Waals surface area contributed by atoms with Crippen LogP contribution >= 0.6 is 0 Å². The average Bonchev–Trinajstić information content (AvgIpc) is 3.18. The van der Waals surface area contributed by atoms with Crippen LogP contribution in [0.4, 0.5) is 4.39 Å². The van der Waals surface area contributed by atoms with Gasteiger partial charge in [0.25, 0.3) is 0 Å². The molecule has 2 heterocycles. The number of pyridine rings is 1. The molecule has 0 aromatic carbocycles. The van der Waals surface area contributed by atoms with E-state index in [0.717, 1.165) is 31.5 Å². The molecule has 0 unspecified atom stereocenters. The number of hydrogen-bond donors (Lipinski definition) is 2. The van der Waals surface area contributed by atoms with Gasteiger partial charge in [0.15, 0.2) is 17.3 Å². The van der Waals surface area contributed by atoms with E-state index in [1.165, 1.54) is 11.1 Å². The van der Waals surface area contributed by atoms with Gasteiger partial charge in [-0.15, -0.1) is 0 Å². The van der Waals surface area contributed by atoms with Crippen LogP contribution in [0.25, 0.3) is 0 Å². The highest BCUT2D eigenvalue weighted by molar-refractivity contribution is 5.91. The molecule has 1 saturated heterocycles. The predicted molar refractivity (Wildman–Crippen MR) is 99.5 cm³/mol. The Bertz CT molecular complexity index is 733. The van der Waals surface area contributed by atoms with Crippen LogP contribution in [-0.4, -0.2) is 52.5 Å². The third kappa shape index (κ3) is 6.20. The van der Waals surface area contributed by atoms with E-state index in [0.29, 0.717) is 29.2 Å². The van der Waals surface area contributed by atoms with Crippen molar-refractivity contribution in [2.24, 2.45) is 5.92 Å². The minimum atomic E-state index is -0.774. The predicted octanol–water partition coefficient (Wildman–Crippen LogP) is 0.720. The topological polar surface area (TPSA) is 117 Å². The van der Waals surface area contributed by atoms with Crippen molar-refractivity contribution in [1.82, 2.24) is 15.5 Å². The lowest BCUT2D eigenvalue weighted by molar-refractivity contribution is -0.615. The van der Waals surface area contributed by atoms with Gasteiger partial charge in [0, 0.05) is 12.6 Å². The van der Waals surface area contributed by atoms with Crippen molar-refractivity contribution in [3.8, 4) is 0 Å². The molecule has 1 fully saturated rings. The van der Waals surface area contributed by atoms with Crippen LogP contribution in [0.2, 0.25) is 0 Å². The summed E-state index contributed by atoms with van der Waals surface area (Å²) in [6, 6.07) is 1.58. The Kier molecular flexibility index (Phi) is 8.47. The summed E-state index contributed by atoms with van der Waals surface area (Å²) in [7, 11) is 0. The smallest absolute Gasteiger partial charge is 0.242 e. The Morgan fingerprint density at radius 2 is 2.24 bits per heavy atom. The number of unbranched alkanes of at least 4 members (excludes halogenated alkanes) is 2. The summed E-state index contributed by atoms with van der Waals surface area (Å²) >= 11 is 0. The monoisotopic (exact) mass is 410 g/mol. The lowest BCUT2D eigenvalue weighted by Gasteiger charge is -2.28. The molecule has 2 atom stereocenters. The van der Waals surface area contributed by atoms with Crippen molar-refractivity contribution in [1.29, 1.82) is 0 Å². The molecule has 9 nitrogen and oxygen atoms in total. The average molecular weight is 410 g/mol. The Morgan fingerprint density at radius 3 is 2.90 bits per heavy atom. The number of carbonyl (C=O) groups excluding carboxylic acids is 3. The van der Waals surface area contributed by atoms with Crippen molar-refractivity contribution >= 4 is 18.1 Å². The van der Waals surface area contributed by atoms with E-state index >= 15 is 0 Å². The molecule has 0 radical (unpaired) electrons. The zero-order valence-electron chi connectivity index (χ0n) is 16.4. The number of rotatable bonds is 11. The molecule has 0 aliphatic carbocycles. The number of hydrazine groups is 1. The molecule has 2 N–H and O–H groups in total. The summed E-state index contributed by atoms with van der Waals surface area (Å²) in [5.74, 6) is -2.09. The van der Waals surface area contributed by atoms with Crippen LogP contribution in [0.5, 0.6) is 0 Å². The molecule has 1 aliphatic rings. The highest BCUT2D eigenvalue weighted by Gasteiger charge is 2.38. The van der Waals surface area contributed by atoms with E-state index in [4.69, 9.17) is 0 Å². The van der Waals surface area contributed by atoms with Crippen molar-refractivity contribution in [2.75, 3.05) is 13.1 Å². The number of aromatic nitrogens is 1. The van der Waals surface area contributed by atoms with Crippen LogP contribution in [0.3, 0.4) is 0 Å². The van der Waals surface area contributed by atoms with Gasteiger partial charge >= 0.3 is 0 Å². The number of halogens is 1. The van der Waals surface area contributed by atoms with E-state index in [1.807, 2.05) is 6.92 Å². The maximum Gasteiger partial charge on any atom is 0.242 e. The zero-order chi connectivity index (χ0) is 21.4. The fraction of sp³-hybridized carbons (Fsp3) is 0.579. The van der Waals surface area contributed by atoms with Crippen LogP contribution in [0, 0.1) is 16.9 Å². The largest absolute Gasteiger partial charge is 0.618 e. The van der Waals surface area contributed by atoms with Gasteiger partial charge in [0.2, 0.25) is 18.5 Å². The third-order valence-corrected chi connectivity index (χ3v) is 4.97. The first kappa shape index (κ1) is 22.7. The number of ketones is 1. The third-order valence-electron chi connectivity index (χ3n) is 4.97. The van der Waals surface area contributed by atoms with Gasteiger partial charge in [-0.1, -0.05) is 26.2 Å². The molecule has 1 aromatic heterocycles. The second-order valence-corrected chi connectivity index (χ2v) is 7.15. The molecule has 2 rings (SSSR count). The Balaban J connectivity index is 2.09. The number of Topliss-reactive ketones (excluding diaryl/α,β-unsaturated/α-hetero) is 1. The van der Waals surface area contributed by atoms with Gasteiger partial charge in [-0.3, -0.25) is 24.6 Å². The number of nitrogens with zero attached hydrogens (tertiary/aromatic N) is 3. The number of hydroxylamine groups is 2. The minimum absolute atomic E-state index is 0.0951. The number of amides is 2. The second-order valence-electron chi connectivity index (χ2n) is 7.15. The van der Waals surface area contributed by atoms with Crippen molar-refractivity contribution in [2.45, 2.75) is 51.5 Å². The molecule has 0 spiro atoms. The summed E-state index contributed by atoms with van der Waals surface area (Å²) < 4.78 is 13.4. The molecule has 0 bridgehead atoms. The van der Waals surface area contributed by atoms with Crippen molar-refractivity contribution < 1.29 is 28.7 Å². The van der Waals surface area contributed by atoms with Crippen LogP contribution < -0.4 is 10.2 Å². The summed E-state index contributed by atoms with van der Waals surface area (Å²) in [5.41, 5.74) is 2.98. The highest BCUT2D eigenvalue weighted by atomic mass is 19.1. The summed E-state index contributed by atoms with van der Waals surface area (Å²) in [5, 5.41) is 23.0. The fourth-order valence-electron chi connectivity index (χ4n) is 3.42. The van der Waals surface area contributed by atoms with Gasteiger partial charge in [0.05, 0.1) is 18.9 Å². The Morgan fingerprint density at radius 1 is 1.48 bits per heavy atom. The van der Waals surface area contributed by atoms with Crippen molar-refractivity contribution in [3.05, 3.63) is 35.0 Å². The molecular formula is C19H27FN4O5. The van der Waals surface area contributed by atoms with Gasteiger partial charge < -0.3 is 5.21 Å². The lowest BCUT2D eigenvalue weighted by atomic mass is 9.98. The Hall–Kier alpha value is -2.59. The quantitative estimate of drug-likeness (QED) is 0.139.